The van der Waals surface area contributed by atoms with Gasteiger partial charge in [0.25, 0.3) is 5.75 Å². The van der Waals surface area contributed by atoms with Crippen LogP contribution in [0.2, 0.25) is 0 Å². The first-order valence-corrected chi connectivity index (χ1v) is 5.61. The highest BCUT2D eigenvalue weighted by molar-refractivity contribution is 7.61. The Balaban J connectivity index is 2.52. The van der Waals surface area contributed by atoms with Gasteiger partial charge in [0.05, 0.1) is 0 Å². The molecule has 1 heterocycles. The summed E-state index contributed by atoms with van der Waals surface area (Å²) in [5, 5.41) is 0. The molecule has 0 saturated carbocycles. The monoisotopic (exact) mass is 224 g/mol. The molecule has 0 aromatic carbocycles. The molecule has 0 atom stereocenters. The molecule has 66 valence electrons. The Morgan fingerprint density at radius 3 is 2.27 bits per heavy atom. The van der Waals surface area contributed by atoms with Gasteiger partial charge in [0, 0.05) is 0 Å². The van der Waals surface area contributed by atoms with Crippen molar-refractivity contribution >= 4 is 27.2 Å². The first kappa shape index (κ1) is 9.64. The predicted octanol–water partition coefficient (Wildman–Crippen LogP) is 0.773. The van der Waals surface area contributed by atoms with Gasteiger partial charge in [-0.1, -0.05) is 11.6 Å². The van der Waals surface area contributed by atoms with Crippen molar-refractivity contribution in [3.63, 3.8) is 0 Å². The SMILES string of the molecule is O=P(O)(O)OP1(=O)OC(Cl)O1. The fourth-order valence-electron chi connectivity index (χ4n) is 0.380. The minimum atomic E-state index is -4.85. The molecule has 0 radical (unpaired) electrons. The van der Waals surface area contributed by atoms with Gasteiger partial charge in [-0.2, -0.15) is 4.31 Å². The molecule has 11 heavy (non-hydrogen) atoms. The standard InChI is InChI=1S/CH3ClO7P2/c2-1-7-11(6,8-1)9-10(3,4)5/h1H,(H2,3,4,5). The van der Waals surface area contributed by atoms with Crippen molar-refractivity contribution in [1.29, 1.82) is 0 Å². The average molecular weight is 224 g/mol. The summed E-state index contributed by atoms with van der Waals surface area (Å²) in [5.74, 6) is -1.27. The molecule has 0 aromatic heterocycles. The lowest BCUT2D eigenvalue weighted by Crippen LogP contribution is -2.20. The highest BCUT2D eigenvalue weighted by Crippen LogP contribution is 2.68. The van der Waals surface area contributed by atoms with Gasteiger partial charge < -0.3 is 9.79 Å². The molecule has 1 rings (SSSR count). The highest BCUT2D eigenvalue weighted by Gasteiger charge is 2.48. The number of alkyl halides is 1. The van der Waals surface area contributed by atoms with Crippen LogP contribution in [0, 0.1) is 0 Å². The third-order valence-corrected chi connectivity index (χ3v) is 3.61. The molecule has 0 amide bonds. The number of rotatable bonds is 2. The van der Waals surface area contributed by atoms with Crippen LogP contribution in [-0.4, -0.2) is 15.5 Å². The van der Waals surface area contributed by atoms with Crippen molar-refractivity contribution < 1.29 is 32.3 Å². The minimum absolute atomic E-state index is 1.27. The normalized spacial score (nSPS) is 38.3. The van der Waals surface area contributed by atoms with Crippen molar-refractivity contribution in [2.75, 3.05) is 0 Å². The number of halogens is 1. The van der Waals surface area contributed by atoms with E-state index in [4.69, 9.17) is 21.4 Å². The van der Waals surface area contributed by atoms with E-state index in [9.17, 15) is 9.13 Å². The highest BCUT2D eigenvalue weighted by atomic mass is 35.5. The minimum Gasteiger partial charge on any atom is -0.302 e. The zero-order valence-corrected chi connectivity index (χ0v) is 7.33. The summed E-state index contributed by atoms with van der Waals surface area (Å²) in [4.78, 5) is 16.2. The van der Waals surface area contributed by atoms with Crippen LogP contribution in [0.3, 0.4) is 0 Å². The molecule has 1 aliphatic heterocycles. The van der Waals surface area contributed by atoms with Crippen LogP contribution in [0.4, 0.5) is 0 Å². The van der Waals surface area contributed by atoms with Gasteiger partial charge >= 0.3 is 15.6 Å². The van der Waals surface area contributed by atoms with Gasteiger partial charge in [0.15, 0.2) is 0 Å². The molecule has 7 nitrogen and oxygen atoms in total. The summed E-state index contributed by atoms with van der Waals surface area (Å²) in [6.45, 7) is 0. The molecule has 0 bridgehead atoms. The van der Waals surface area contributed by atoms with Gasteiger partial charge in [0.2, 0.25) is 0 Å². The van der Waals surface area contributed by atoms with Crippen LogP contribution >= 0.6 is 27.2 Å². The second kappa shape index (κ2) is 2.80. The summed E-state index contributed by atoms with van der Waals surface area (Å²) < 4.78 is 32.5. The third kappa shape index (κ3) is 2.82. The molecule has 0 aliphatic carbocycles. The Hall–Kier alpha value is 0.550. The second-order valence-electron chi connectivity index (χ2n) is 1.50. The van der Waals surface area contributed by atoms with E-state index in [1.54, 1.807) is 0 Å². The van der Waals surface area contributed by atoms with E-state index < -0.39 is 21.4 Å². The molecule has 0 spiro atoms. The quantitative estimate of drug-likeness (QED) is 0.527. The van der Waals surface area contributed by atoms with E-state index >= 15 is 0 Å². The number of hydrogen-bond acceptors (Lipinski definition) is 5. The third-order valence-electron chi connectivity index (χ3n) is 0.630. The fourth-order valence-corrected chi connectivity index (χ4v) is 2.74. The second-order valence-corrected chi connectivity index (χ2v) is 4.81. The average Bonchev–Trinajstić information content (AvgIpc) is 1.53. The van der Waals surface area contributed by atoms with Crippen LogP contribution in [0.5, 0.6) is 0 Å². The largest absolute Gasteiger partial charge is 0.490 e. The summed E-state index contributed by atoms with van der Waals surface area (Å²) in [7, 11) is -8.92. The van der Waals surface area contributed by atoms with Crippen molar-refractivity contribution in [1.82, 2.24) is 0 Å². The maximum absolute atomic E-state index is 10.7. The first-order chi connectivity index (χ1) is 4.81. The zero-order chi connectivity index (χ0) is 8.70. The van der Waals surface area contributed by atoms with Crippen molar-refractivity contribution in [3.05, 3.63) is 0 Å². The molecule has 10 heteroatoms. The summed E-state index contributed by atoms with van der Waals surface area (Å²) >= 11 is 5.01. The van der Waals surface area contributed by atoms with Crippen LogP contribution < -0.4 is 0 Å². The van der Waals surface area contributed by atoms with E-state index in [-0.39, 0.29) is 0 Å². The number of phosphoric ester groups is 1. The van der Waals surface area contributed by atoms with E-state index in [2.05, 4.69) is 13.4 Å². The number of phosphoric acid groups is 2. The number of hydrogen-bond donors (Lipinski definition) is 2. The van der Waals surface area contributed by atoms with Crippen molar-refractivity contribution in [2.45, 2.75) is 5.75 Å². The predicted molar refractivity (Wildman–Crippen MR) is 32.5 cm³/mol. The van der Waals surface area contributed by atoms with Crippen molar-refractivity contribution in [3.8, 4) is 0 Å². The molecule has 1 aliphatic rings. The van der Waals surface area contributed by atoms with E-state index in [1.807, 2.05) is 0 Å². The molecule has 2 N–H and O–H groups in total. The Bertz CT molecular complexity index is 233. The van der Waals surface area contributed by atoms with Crippen LogP contribution in [0.15, 0.2) is 0 Å². The maximum atomic E-state index is 10.7. The fraction of sp³-hybridized carbons (Fsp3) is 1.00. The molecule has 1 saturated heterocycles. The van der Waals surface area contributed by atoms with Crippen molar-refractivity contribution in [2.24, 2.45) is 0 Å². The van der Waals surface area contributed by atoms with Gasteiger partial charge in [-0.15, -0.1) is 0 Å². The van der Waals surface area contributed by atoms with Gasteiger partial charge in [0.1, 0.15) is 0 Å². The summed E-state index contributed by atoms with van der Waals surface area (Å²) in [5.41, 5.74) is 0. The van der Waals surface area contributed by atoms with Crippen LogP contribution in [0.1, 0.15) is 0 Å². The summed E-state index contributed by atoms with van der Waals surface area (Å²) in [6, 6.07) is 0. The molecule has 0 aromatic rings. The molecule has 1 fully saturated rings. The molecule has 0 unspecified atom stereocenters. The van der Waals surface area contributed by atoms with Crippen LogP contribution in [0.25, 0.3) is 0 Å². The lowest BCUT2D eigenvalue weighted by atomic mass is 11.5. The zero-order valence-electron chi connectivity index (χ0n) is 4.79. The molecular formula is CH3ClO7P2. The lowest BCUT2D eigenvalue weighted by Gasteiger charge is -2.28. The van der Waals surface area contributed by atoms with E-state index in [0.717, 1.165) is 0 Å². The van der Waals surface area contributed by atoms with Gasteiger partial charge in [-0.05, 0) is 0 Å². The summed E-state index contributed by atoms with van der Waals surface area (Å²) in [6.07, 6.45) is 0. The Labute approximate surface area is 66.1 Å². The maximum Gasteiger partial charge on any atom is 0.490 e. The van der Waals surface area contributed by atoms with Crippen LogP contribution in [-0.2, 0) is 22.5 Å². The van der Waals surface area contributed by atoms with Gasteiger partial charge in [-0.25, -0.2) is 18.2 Å². The lowest BCUT2D eigenvalue weighted by molar-refractivity contribution is -0.0597. The van der Waals surface area contributed by atoms with Gasteiger partial charge in [-0.3, -0.25) is 0 Å². The smallest absolute Gasteiger partial charge is 0.302 e. The topological polar surface area (TPSA) is 102 Å². The Morgan fingerprint density at radius 2 is 2.00 bits per heavy atom. The Morgan fingerprint density at radius 1 is 1.55 bits per heavy atom. The van der Waals surface area contributed by atoms with E-state index in [0.29, 0.717) is 0 Å². The first-order valence-electron chi connectivity index (χ1n) is 2.19. The molecular weight excluding hydrogens is 221 g/mol. The Kier molecular flexibility index (Phi) is 2.45. The van der Waals surface area contributed by atoms with E-state index in [1.165, 1.54) is 0 Å².